The summed E-state index contributed by atoms with van der Waals surface area (Å²) in [7, 11) is 1.69. The van der Waals surface area contributed by atoms with Crippen molar-refractivity contribution in [2.45, 2.75) is 31.7 Å². The van der Waals surface area contributed by atoms with E-state index in [4.69, 9.17) is 4.74 Å². The highest BCUT2D eigenvalue weighted by molar-refractivity contribution is 5.84. The molecule has 1 amide bonds. The summed E-state index contributed by atoms with van der Waals surface area (Å²) in [5, 5.41) is 4.40. The van der Waals surface area contributed by atoms with Crippen molar-refractivity contribution in [3.05, 3.63) is 65.9 Å². The molecule has 0 unspecified atom stereocenters. The lowest BCUT2D eigenvalue weighted by Crippen LogP contribution is -3.11. The summed E-state index contributed by atoms with van der Waals surface area (Å²) in [6.07, 6.45) is 5.80. The van der Waals surface area contributed by atoms with Crippen molar-refractivity contribution in [1.82, 2.24) is 10.3 Å². The fraction of sp³-hybridized carbons (Fsp3) is 0.375. The number of rotatable bonds is 8. The molecule has 2 heterocycles. The highest BCUT2D eigenvalue weighted by Crippen LogP contribution is 2.19. The van der Waals surface area contributed by atoms with E-state index in [2.05, 4.69) is 34.6 Å². The van der Waals surface area contributed by atoms with Gasteiger partial charge in [-0.1, -0.05) is 18.2 Å². The van der Waals surface area contributed by atoms with Gasteiger partial charge in [0.1, 0.15) is 11.8 Å². The largest absolute Gasteiger partial charge is 0.497 e. The SMILES string of the molecule is COc1ccc([C@@H](CNC(=O)CCc2c[nH]c3ccccc23)[NH+]2CCCC2)cc1. The number of H-pyrrole nitrogens is 1. The molecule has 1 fully saturated rings. The number of methoxy groups -OCH3 is 1. The Kier molecular flexibility index (Phi) is 6.15. The summed E-state index contributed by atoms with van der Waals surface area (Å²) in [6.45, 7) is 3.01. The molecule has 0 spiro atoms. The minimum atomic E-state index is 0.118. The molecule has 152 valence electrons. The van der Waals surface area contributed by atoms with Crippen LogP contribution in [-0.4, -0.2) is 37.6 Å². The number of carbonyl (C=O) groups excluding carboxylic acids is 1. The fourth-order valence-corrected chi connectivity index (χ4v) is 4.40. The molecular formula is C24H30N3O2+. The number of carbonyl (C=O) groups is 1. The predicted molar refractivity (Wildman–Crippen MR) is 115 cm³/mol. The molecule has 0 bridgehead atoms. The van der Waals surface area contributed by atoms with Crippen molar-refractivity contribution >= 4 is 16.8 Å². The Bertz CT molecular complexity index is 942. The molecule has 0 radical (unpaired) electrons. The topological polar surface area (TPSA) is 58.6 Å². The molecule has 29 heavy (non-hydrogen) atoms. The summed E-state index contributed by atoms with van der Waals surface area (Å²) in [5.41, 5.74) is 3.59. The number of benzene rings is 2. The molecule has 4 rings (SSSR count). The van der Waals surface area contributed by atoms with Gasteiger partial charge in [0, 0.05) is 41.9 Å². The Hall–Kier alpha value is -2.79. The number of aromatic nitrogens is 1. The van der Waals surface area contributed by atoms with E-state index in [0.717, 1.165) is 17.7 Å². The van der Waals surface area contributed by atoms with Gasteiger partial charge in [-0.15, -0.1) is 0 Å². The van der Waals surface area contributed by atoms with Crippen molar-refractivity contribution < 1.29 is 14.4 Å². The zero-order chi connectivity index (χ0) is 20.1. The first-order valence-electron chi connectivity index (χ1n) is 10.5. The lowest BCUT2D eigenvalue weighted by molar-refractivity contribution is -0.918. The van der Waals surface area contributed by atoms with Gasteiger partial charge in [-0.2, -0.15) is 0 Å². The first-order valence-corrected chi connectivity index (χ1v) is 10.5. The number of para-hydroxylation sites is 1. The van der Waals surface area contributed by atoms with Crippen LogP contribution in [0.15, 0.2) is 54.7 Å². The van der Waals surface area contributed by atoms with E-state index >= 15 is 0 Å². The average Bonchev–Trinajstić information content (AvgIpc) is 3.43. The Morgan fingerprint density at radius 2 is 1.90 bits per heavy atom. The van der Waals surface area contributed by atoms with Gasteiger partial charge >= 0.3 is 0 Å². The van der Waals surface area contributed by atoms with Crippen LogP contribution in [0.2, 0.25) is 0 Å². The van der Waals surface area contributed by atoms with Crippen LogP contribution in [0.3, 0.4) is 0 Å². The van der Waals surface area contributed by atoms with Gasteiger partial charge in [0.2, 0.25) is 5.91 Å². The molecule has 0 aliphatic carbocycles. The van der Waals surface area contributed by atoms with Crippen molar-refractivity contribution in [1.29, 1.82) is 0 Å². The highest BCUT2D eigenvalue weighted by Gasteiger charge is 2.27. The molecule has 3 N–H and O–H groups in total. The van der Waals surface area contributed by atoms with Crippen LogP contribution in [0, 0.1) is 0 Å². The summed E-state index contributed by atoms with van der Waals surface area (Å²) >= 11 is 0. The third kappa shape index (κ3) is 4.62. The van der Waals surface area contributed by atoms with E-state index in [-0.39, 0.29) is 5.91 Å². The maximum Gasteiger partial charge on any atom is 0.220 e. The molecule has 0 saturated carbocycles. The lowest BCUT2D eigenvalue weighted by atomic mass is 10.0. The number of likely N-dealkylation sites (tertiary alicyclic amines) is 1. The maximum absolute atomic E-state index is 12.6. The van der Waals surface area contributed by atoms with Gasteiger partial charge in [-0.3, -0.25) is 4.79 Å². The summed E-state index contributed by atoms with van der Waals surface area (Å²) in [5.74, 6) is 0.985. The second kappa shape index (κ2) is 9.14. The van der Waals surface area contributed by atoms with Crippen molar-refractivity contribution in [2.24, 2.45) is 0 Å². The predicted octanol–water partition coefficient (Wildman–Crippen LogP) is 2.65. The summed E-state index contributed by atoms with van der Waals surface area (Å²) in [4.78, 5) is 17.4. The zero-order valence-electron chi connectivity index (χ0n) is 17.0. The van der Waals surface area contributed by atoms with Gasteiger partial charge in [0.15, 0.2) is 0 Å². The first-order chi connectivity index (χ1) is 14.2. The van der Waals surface area contributed by atoms with Crippen LogP contribution in [0.4, 0.5) is 0 Å². The third-order valence-electron chi connectivity index (χ3n) is 6.06. The number of hydrogen-bond acceptors (Lipinski definition) is 2. The van der Waals surface area contributed by atoms with Crippen LogP contribution in [0.25, 0.3) is 10.9 Å². The fourth-order valence-electron chi connectivity index (χ4n) is 4.40. The molecule has 1 aliphatic heterocycles. The van der Waals surface area contributed by atoms with Gasteiger partial charge in [0.05, 0.1) is 26.7 Å². The Labute approximate surface area is 172 Å². The van der Waals surface area contributed by atoms with E-state index in [0.29, 0.717) is 19.0 Å². The quantitative estimate of drug-likeness (QED) is 0.552. The van der Waals surface area contributed by atoms with Gasteiger partial charge < -0.3 is 19.9 Å². The number of fused-ring (bicyclic) bond motifs is 1. The number of quaternary nitrogens is 1. The van der Waals surface area contributed by atoms with E-state index in [1.165, 1.54) is 42.4 Å². The third-order valence-corrected chi connectivity index (χ3v) is 6.06. The van der Waals surface area contributed by atoms with Crippen molar-refractivity contribution in [2.75, 3.05) is 26.7 Å². The van der Waals surface area contributed by atoms with Crippen LogP contribution in [0.1, 0.15) is 36.4 Å². The van der Waals surface area contributed by atoms with E-state index in [1.807, 2.05) is 30.5 Å². The second-order valence-corrected chi connectivity index (χ2v) is 7.85. The number of aryl methyl sites for hydroxylation is 1. The molecular weight excluding hydrogens is 362 g/mol. The molecule has 1 atom stereocenters. The summed E-state index contributed by atoms with van der Waals surface area (Å²) in [6, 6.07) is 16.8. The molecule has 5 nitrogen and oxygen atoms in total. The van der Waals surface area contributed by atoms with Crippen molar-refractivity contribution in [3.63, 3.8) is 0 Å². The minimum Gasteiger partial charge on any atom is -0.497 e. The molecule has 1 aromatic heterocycles. The smallest absolute Gasteiger partial charge is 0.220 e. The molecule has 2 aromatic carbocycles. The normalized spacial score (nSPS) is 15.5. The highest BCUT2D eigenvalue weighted by atomic mass is 16.5. The monoisotopic (exact) mass is 392 g/mol. The van der Waals surface area contributed by atoms with Gasteiger partial charge in [-0.25, -0.2) is 0 Å². The standard InChI is InChI=1S/C24H29N3O2/c1-29-20-11-8-18(9-12-20)23(27-14-4-5-15-27)17-26-24(28)13-10-19-16-25-22-7-3-2-6-21(19)22/h2-3,6-9,11-12,16,23,25H,4-5,10,13-15,17H2,1H3,(H,26,28)/p+1/t23-/m1/s1. The number of aromatic amines is 1. The van der Waals surface area contributed by atoms with E-state index in [9.17, 15) is 4.79 Å². The van der Waals surface area contributed by atoms with E-state index < -0.39 is 0 Å². The van der Waals surface area contributed by atoms with E-state index in [1.54, 1.807) is 12.0 Å². The average molecular weight is 393 g/mol. The maximum atomic E-state index is 12.6. The Balaban J connectivity index is 1.36. The first kappa shape index (κ1) is 19.5. The minimum absolute atomic E-state index is 0.118. The number of ether oxygens (including phenoxy) is 1. The number of amides is 1. The molecule has 3 aromatic rings. The lowest BCUT2D eigenvalue weighted by Gasteiger charge is -2.25. The van der Waals surface area contributed by atoms with Crippen LogP contribution in [-0.2, 0) is 11.2 Å². The number of hydrogen-bond donors (Lipinski definition) is 3. The molecule has 5 heteroatoms. The van der Waals surface area contributed by atoms with Crippen molar-refractivity contribution in [3.8, 4) is 5.75 Å². The number of nitrogens with one attached hydrogen (secondary N) is 3. The molecule has 1 saturated heterocycles. The van der Waals surface area contributed by atoms with Crippen LogP contribution < -0.4 is 15.0 Å². The Morgan fingerprint density at radius 1 is 1.14 bits per heavy atom. The van der Waals surface area contributed by atoms with Crippen LogP contribution >= 0.6 is 0 Å². The summed E-state index contributed by atoms with van der Waals surface area (Å²) < 4.78 is 5.29. The second-order valence-electron chi connectivity index (χ2n) is 7.85. The molecule has 1 aliphatic rings. The van der Waals surface area contributed by atoms with Gasteiger partial charge in [0.25, 0.3) is 0 Å². The van der Waals surface area contributed by atoms with Crippen LogP contribution in [0.5, 0.6) is 5.75 Å². The zero-order valence-corrected chi connectivity index (χ0v) is 17.0. The Morgan fingerprint density at radius 3 is 2.66 bits per heavy atom. The van der Waals surface area contributed by atoms with Gasteiger partial charge in [-0.05, 0) is 42.3 Å².